The Morgan fingerprint density at radius 3 is 2.38 bits per heavy atom. The third-order valence-corrected chi connectivity index (χ3v) is 6.10. The summed E-state index contributed by atoms with van der Waals surface area (Å²) in [5, 5.41) is 18.7. The van der Waals surface area contributed by atoms with E-state index in [0.29, 0.717) is 29.2 Å². The number of amides is 2. The molecule has 34 heavy (non-hydrogen) atoms. The zero-order chi connectivity index (χ0) is 24.4. The lowest BCUT2D eigenvalue weighted by molar-refractivity contribution is -0.577. The van der Waals surface area contributed by atoms with Crippen LogP contribution in [0.1, 0.15) is 50.4 Å². The lowest BCUT2D eigenvalue weighted by atomic mass is 10.0. The van der Waals surface area contributed by atoms with Crippen LogP contribution in [0.25, 0.3) is 17.0 Å². The van der Waals surface area contributed by atoms with Crippen LogP contribution < -0.4 is 9.67 Å². The summed E-state index contributed by atoms with van der Waals surface area (Å²) in [6, 6.07) is 10.6. The SMILES string of the molecule is CCCc1nn(-c2cccc(Cl)c2)c([O-])c1C1=C([n+]2ccc(CC)cc2)C(=O)N(CCC)C1=O. The van der Waals surface area contributed by atoms with Crippen LogP contribution in [0.15, 0.2) is 48.8 Å². The molecule has 1 aliphatic heterocycles. The number of nitrogens with zero attached hydrogens (tertiary/aromatic N) is 4. The van der Waals surface area contributed by atoms with Gasteiger partial charge in [0.25, 0.3) is 11.6 Å². The van der Waals surface area contributed by atoms with Gasteiger partial charge in [0.05, 0.1) is 11.4 Å². The number of halogens is 1. The van der Waals surface area contributed by atoms with Crippen LogP contribution in [0.2, 0.25) is 5.02 Å². The molecule has 3 aromatic rings. The predicted molar refractivity (Wildman–Crippen MR) is 128 cm³/mol. The molecule has 3 heterocycles. The second-order valence-electron chi connectivity index (χ2n) is 8.22. The summed E-state index contributed by atoms with van der Waals surface area (Å²) < 4.78 is 2.90. The van der Waals surface area contributed by atoms with Crippen molar-refractivity contribution in [3.05, 3.63) is 70.6 Å². The van der Waals surface area contributed by atoms with E-state index in [1.807, 2.05) is 32.9 Å². The number of pyridine rings is 1. The Balaban J connectivity index is 1.98. The van der Waals surface area contributed by atoms with Gasteiger partial charge >= 0.3 is 5.91 Å². The monoisotopic (exact) mass is 478 g/mol. The fourth-order valence-corrected chi connectivity index (χ4v) is 4.37. The van der Waals surface area contributed by atoms with Crippen LogP contribution >= 0.6 is 11.6 Å². The van der Waals surface area contributed by atoms with Crippen molar-refractivity contribution in [3.8, 4) is 11.6 Å². The molecule has 8 heteroatoms. The Bertz CT molecular complexity index is 1280. The minimum Gasteiger partial charge on any atom is -0.858 e. The second-order valence-corrected chi connectivity index (χ2v) is 8.66. The average molecular weight is 479 g/mol. The van der Waals surface area contributed by atoms with Crippen molar-refractivity contribution in [3.63, 3.8) is 0 Å². The maximum Gasteiger partial charge on any atom is 0.326 e. The molecule has 0 radical (unpaired) electrons. The van der Waals surface area contributed by atoms with Gasteiger partial charge in [-0.15, -0.1) is 0 Å². The number of hydrogen-bond acceptors (Lipinski definition) is 4. The summed E-state index contributed by atoms with van der Waals surface area (Å²) in [7, 11) is 0. The van der Waals surface area contributed by atoms with Gasteiger partial charge in [-0.2, -0.15) is 9.67 Å². The highest BCUT2D eigenvalue weighted by Crippen LogP contribution is 2.37. The molecular weight excluding hydrogens is 452 g/mol. The summed E-state index contributed by atoms with van der Waals surface area (Å²) in [6.07, 6.45) is 6.20. The third-order valence-electron chi connectivity index (χ3n) is 5.86. The molecule has 1 aromatic carbocycles. The molecule has 1 aliphatic rings. The summed E-state index contributed by atoms with van der Waals surface area (Å²) in [4.78, 5) is 28.2. The molecule has 0 unspecified atom stereocenters. The van der Waals surface area contributed by atoms with Gasteiger partial charge in [0.15, 0.2) is 12.4 Å². The molecule has 7 nitrogen and oxygen atoms in total. The first-order chi connectivity index (χ1) is 16.4. The number of carbonyl (C=O) groups excluding carboxylic acids is 2. The zero-order valence-electron chi connectivity index (χ0n) is 19.5. The Morgan fingerprint density at radius 1 is 1.03 bits per heavy atom. The maximum atomic E-state index is 13.7. The number of carbonyl (C=O) groups is 2. The number of rotatable bonds is 8. The van der Waals surface area contributed by atoms with E-state index >= 15 is 0 Å². The predicted octanol–water partition coefficient (Wildman–Crippen LogP) is 3.55. The van der Waals surface area contributed by atoms with Crippen LogP contribution in [0.4, 0.5) is 0 Å². The fraction of sp³-hybridized carbons (Fsp3) is 0.308. The van der Waals surface area contributed by atoms with Gasteiger partial charge in [-0.25, -0.2) is 4.68 Å². The van der Waals surface area contributed by atoms with Gasteiger partial charge in [-0.1, -0.05) is 44.9 Å². The van der Waals surface area contributed by atoms with Gasteiger partial charge in [-0.3, -0.25) is 14.5 Å². The molecule has 0 saturated carbocycles. The third kappa shape index (κ3) is 4.12. The largest absolute Gasteiger partial charge is 0.858 e. The second kappa shape index (κ2) is 9.81. The summed E-state index contributed by atoms with van der Waals surface area (Å²) in [5.74, 6) is -1.31. The van der Waals surface area contributed by atoms with E-state index in [0.717, 1.165) is 18.4 Å². The smallest absolute Gasteiger partial charge is 0.326 e. The molecule has 2 aromatic heterocycles. The molecule has 0 fully saturated rings. The van der Waals surface area contributed by atoms with Crippen LogP contribution in [0, 0.1) is 0 Å². The van der Waals surface area contributed by atoms with Crippen molar-refractivity contribution >= 4 is 34.7 Å². The van der Waals surface area contributed by atoms with E-state index in [2.05, 4.69) is 5.10 Å². The van der Waals surface area contributed by atoms with Crippen molar-refractivity contribution < 1.29 is 19.3 Å². The highest BCUT2D eigenvalue weighted by Gasteiger charge is 2.46. The fourth-order valence-electron chi connectivity index (χ4n) is 4.19. The van der Waals surface area contributed by atoms with Gasteiger partial charge in [-0.05, 0) is 48.9 Å². The summed E-state index contributed by atoms with van der Waals surface area (Å²) in [6.45, 7) is 6.20. The Labute approximate surface area is 203 Å². The average Bonchev–Trinajstić information content (AvgIpc) is 3.27. The standard InChI is InChI=1S/C26H27ClN4O3/c1-4-8-20-21(25(33)31(28-20)19-10-7-9-18(27)16-19)22-23(26(34)30(13-5-2)24(22)32)29-14-11-17(6-3)12-15-29/h7,9-12,14-16H,4-6,8,13H2,1-3H3. The van der Waals surface area contributed by atoms with Crippen LogP contribution in [0.3, 0.4) is 0 Å². The van der Waals surface area contributed by atoms with Crippen LogP contribution in [0.5, 0.6) is 5.88 Å². The molecule has 4 rings (SSSR count). The molecule has 0 spiro atoms. The zero-order valence-corrected chi connectivity index (χ0v) is 20.3. The molecule has 176 valence electrons. The molecule has 0 atom stereocenters. The molecule has 0 saturated heterocycles. The molecule has 2 amide bonds. The summed E-state index contributed by atoms with van der Waals surface area (Å²) in [5.41, 5.74) is 2.57. The quantitative estimate of drug-likeness (QED) is 0.366. The highest BCUT2D eigenvalue weighted by molar-refractivity contribution is 6.44. The minimum atomic E-state index is -0.464. The van der Waals surface area contributed by atoms with Gasteiger partial charge in [0.2, 0.25) is 0 Å². The first-order valence-electron chi connectivity index (χ1n) is 11.6. The molecule has 0 aliphatic carbocycles. The number of imide groups is 1. The number of aromatic nitrogens is 3. The Hall–Kier alpha value is -3.45. The van der Waals surface area contributed by atoms with E-state index in [4.69, 9.17) is 11.6 Å². The Morgan fingerprint density at radius 2 is 1.76 bits per heavy atom. The summed E-state index contributed by atoms with van der Waals surface area (Å²) >= 11 is 6.14. The van der Waals surface area contributed by atoms with Crippen molar-refractivity contribution in [2.24, 2.45) is 0 Å². The van der Waals surface area contributed by atoms with E-state index < -0.39 is 17.7 Å². The van der Waals surface area contributed by atoms with Crippen molar-refractivity contribution in [2.75, 3.05) is 6.54 Å². The first-order valence-corrected chi connectivity index (χ1v) is 11.9. The van der Waals surface area contributed by atoms with E-state index in [-0.39, 0.29) is 23.4 Å². The van der Waals surface area contributed by atoms with E-state index in [9.17, 15) is 14.7 Å². The number of benzene rings is 1. The van der Waals surface area contributed by atoms with Crippen molar-refractivity contribution in [1.82, 2.24) is 14.7 Å². The van der Waals surface area contributed by atoms with Crippen LogP contribution in [-0.4, -0.2) is 33.0 Å². The highest BCUT2D eigenvalue weighted by atomic mass is 35.5. The minimum absolute atomic E-state index is 0.106. The van der Waals surface area contributed by atoms with E-state index in [1.165, 1.54) is 9.58 Å². The lowest BCUT2D eigenvalue weighted by Crippen LogP contribution is -2.39. The van der Waals surface area contributed by atoms with Crippen molar-refractivity contribution in [2.45, 2.75) is 46.5 Å². The molecular formula is C26H27ClN4O3. The van der Waals surface area contributed by atoms with E-state index in [1.54, 1.807) is 41.2 Å². The number of aryl methyl sites for hydroxylation is 2. The first kappa shape index (κ1) is 23.7. The lowest BCUT2D eigenvalue weighted by Gasteiger charge is -2.15. The van der Waals surface area contributed by atoms with Gasteiger partial charge in [0.1, 0.15) is 5.57 Å². The maximum absolute atomic E-state index is 13.7. The number of hydrogen-bond donors (Lipinski definition) is 0. The normalized spacial score (nSPS) is 13.9. The topological polar surface area (TPSA) is 82.1 Å². The molecule has 0 N–H and O–H groups in total. The van der Waals surface area contributed by atoms with Crippen molar-refractivity contribution in [1.29, 1.82) is 0 Å². The Kier molecular flexibility index (Phi) is 6.84. The van der Waals surface area contributed by atoms with Gasteiger partial charge in [0, 0.05) is 29.3 Å². The van der Waals surface area contributed by atoms with Crippen LogP contribution in [-0.2, 0) is 22.4 Å². The van der Waals surface area contributed by atoms with Gasteiger partial charge < -0.3 is 5.11 Å². The molecule has 0 bridgehead atoms.